The maximum absolute atomic E-state index is 12.4. The summed E-state index contributed by atoms with van der Waals surface area (Å²) in [6.07, 6.45) is 3.43. The fourth-order valence-corrected chi connectivity index (χ4v) is 2.46. The molecule has 6 nitrogen and oxygen atoms in total. The first kappa shape index (κ1) is 18.2. The van der Waals surface area contributed by atoms with E-state index in [4.69, 9.17) is 4.74 Å². The molecule has 1 aliphatic carbocycles. The van der Waals surface area contributed by atoms with Gasteiger partial charge >= 0.3 is 0 Å². The second-order valence-corrected chi connectivity index (χ2v) is 6.23. The van der Waals surface area contributed by atoms with Gasteiger partial charge in [-0.2, -0.15) is 5.26 Å². The van der Waals surface area contributed by atoms with Crippen LogP contribution in [-0.2, 0) is 4.79 Å². The van der Waals surface area contributed by atoms with Gasteiger partial charge in [-0.15, -0.1) is 0 Å². The molecule has 0 atom stereocenters. The molecule has 0 saturated heterocycles. The van der Waals surface area contributed by atoms with E-state index in [9.17, 15) is 14.9 Å². The van der Waals surface area contributed by atoms with Crippen molar-refractivity contribution in [2.24, 2.45) is 0 Å². The molecule has 0 heterocycles. The van der Waals surface area contributed by atoms with E-state index in [-0.39, 0.29) is 23.4 Å². The van der Waals surface area contributed by atoms with Crippen molar-refractivity contribution < 1.29 is 14.3 Å². The summed E-state index contributed by atoms with van der Waals surface area (Å²) in [4.78, 5) is 24.4. The molecule has 6 heteroatoms. The molecule has 136 valence electrons. The SMILES string of the molecule is COc1ccc(C(=O)Nc2cccc(/C=C(/C#N)C(=O)NC3CC3)c2)cc1. The van der Waals surface area contributed by atoms with Crippen LogP contribution >= 0.6 is 0 Å². The first-order chi connectivity index (χ1) is 13.1. The average Bonchev–Trinajstić information content (AvgIpc) is 3.50. The van der Waals surface area contributed by atoms with Crippen molar-refractivity contribution in [2.45, 2.75) is 18.9 Å². The van der Waals surface area contributed by atoms with Gasteiger partial charge in [-0.3, -0.25) is 9.59 Å². The van der Waals surface area contributed by atoms with E-state index in [1.165, 1.54) is 6.08 Å². The molecule has 1 saturated carbocycles. The van der Waals surface area contributed by atoms with Crippen molar-refractivity contribution in [3.63, 3.8) is 0 Å². The minimum Gasteiger partial charge on any atom is -0.497 e. The molecule has 3 rings (SSSR count). The Labute approximate surface area is 157 Å². The molecule has 2 N–H and O–H groups in total. The van der Waals surface area contributed by atoms with E-state index in [1.54, 1.807) is 55.6 Å². The molecule has 1 aliphatic rings. The summed E-state index contributed by atoms with van der Waals surface area (Å²) < 4.78 is 5.08. The van der Waals surface area contributed by atoms with Gasteiger partial charge in [0.05, 0.1) is 7.11 Å². The summed E-state index contributed by atoms with van der Waals surface area (Å²) in [5.41, 5.74) is 1.77. The Balaban J connectivity index is 1.72. The second-order valence-electron chi connectivity index (χ2n) is 6.23. The average molecular weight is 361 g/mol. The lowest BCUT2D eigenvalue weighted by Gasteiger charge is -2.07. The molecular formula is C21H19N3O3. The molecule has 27 heavy (non-hydrogen) atoms. The van der Waals surface area contributed by atoms with Crippen molar-refractivity contribution in [3.8, 4) is 11.8 Å². The number of methoxy groups -OCH3 is 1. The number of nitrogens with zero attached hydrogens (tertiary/aromatic N) is 1. The smallest absolute Gasteiger partial charge is 0.262 e. The molecule has 0 bridgehead atoms. The fraction of sp³-hybridized carbons (Fsp3) is 0.190. The predicted molar refractivity (Wildman–Crippen MR) is 102 cm³/mol. The quantitative estimate of drug-likeness (QED) is 0.611. The number of rotatable bonds is 6. The number of anilines is 1. The highest BCUT2D eigenvalue weighted by atomic mass is 16.5. The molecule has 0 spiro atoms. The summed E-state index contributed by atoms with van der Waals surface area (Å²) in [7, 11) is 1.56. The third-order valence-electron chi connectivity index (χ3n) is 4.09. The molecule has 2 amide bonds. The molecule has 2 aromatic rings. The summed E-state index contributed by atoms with van der Waals surface area (Å²) in [6, 6.07) is 15.9. The minimum absolute atomic E-state index is 0.0422. The van der Waals surface area contributed by atoms with Gasteiger partial charge in [0.1, 0.15) is 17.4 Å². The number of benzene rings is 2. The van der Waals surface area contributed by atoms with Crippen LogP contribution in [0.3, 0.4) is 0 Å². The van der Waals surface area contributed by atoms with Crippen LogP contribution < -0.4 is 15.4 Å². The van der Waals surface area contributed by atoms with Crippen LogP contribution in [0.5, 0.6) is 5.75 Å². The van der Waals surface area contributed by atoms with Crippen LogP contribution in [0, 0.1) is 11.3 Å². The molecule has 0 aliphatic heterocycles. The summed E-state index contributed by atoms with van der Waals surface area (Å²) >= 11 is 0. The first-order valence-electron chi connectivity index (χ1n) is 8.57. The topological polar surface area (TPSA) is 91.2 Å². The van der Waals surface area contributed by atoms with E-state index in [0.29, 0.717) is 22.6 Å². The van der Waals surface area contributed by atoms with Gasteiger partial charge in [0.15, 0.2) is 0 Å². The number of ether oxygens (including phenoxy) is 1. The van der Waals surface area contributed by atoms with Crippen molar-refractivity contribution in [3.05, 3.63) is 65.2 Å². The van der Waals surface area contributed by atoms with Gasteiger partial charge in [0, 0.05) is 17.3 Å². The molecular weight excluding hydrogens is 342 g/mol. The Morgan fingerprint density at radius 1 is 1.19 bits per heavy atom. The van der Waals surface area contributed by atoms with Gasteiger partial charge < -0.3 is 15.4 Å². The van der Waals surface area contributed by atoms with Gasteiger partial charge in [-0.05, 0) is 60.9 Å². The van der Waals surface area contributed by atoms with Crippen molar-refractivity contribution in [1.29, 1.82) is 5.26 Å². The number of hydrogen-bond donors (Lipinski definition) is 2. The molecule has 0 aromatic heterocycles. The zero-order valence-electron chi connectivity index (χ0n) is 14.9. The minimum atomic E-state index is -0.368. The zero-order valence-corrected chi connectivity index (χ0v) is 14.9. The fourth-order valence-electron chi connectivity index (χ4n) is 2.46. The second kappa shape index (κ2) is 8.19. The van der Waals surface area contributed by atoms with Crippen LogP contribution in [0.15, 0.2) is 54.1 Å². The summed E-state index contributed by atoms with van der Waals surface area (Å²) in [5.74, 6) is 0.0469. The Morgan fingerprint density at radius 3 is 2.56 bits per heavy atom. The lowest BCUT2D eigenvalue weighted by Crippen LogP contribution is -2.26. The Bertz CT molecular complexity index is 922. The van der Waals surface area contributed by atoms with Gasteiger partial charge in [0.2, 0.25) is 0 Å². The highest BCUT2D eigenvalue weighted by molar-refractivity contribution is 6.05. The third kappa shape index (κ3) is 4.95. The highest BCUT2D eigenvalue weighted by Crippen LogP contribution is 2.20. The normalized spacial score (nSPS) is 13.4. The number of carbonyl (C=O) groups excluding carboxylic acids is 2. The van der Waals surface area contributed by atoms with Gasteiger partial charge in [-0.1, -0.05) is 12.1 Å². The molecule has 0 unspecified atom stereocenters. The summed E-state index contributed by atoms with van der Waals surface area (Å²) in [6.45, 7) is 0. The largest absolute Gasteiger partial charge is 0.497 e. The highest BCUT2D eigenvalue weighted by Gasteiger charge is 2.24. The Morgan fingerprint density at radius 2 is 1.93 bits per heavy atom. The number of nitriles is 1. The first-order valence-corrected chi connectivity index (χ1v) is 8.57. The standard InChI is InChI=1S/C21H19N3O3/c1-27-19-9-5-15(6-10-19)20(25)24-18-4-2-3-14(12-18)11-16(13-22)21(26)23-17-7-8-17/h2-6,9-12,17H,7-8H2,1H3,(H,23,26)(H,24,25)/b16-11-. The van der Waals surface area contributed by atoms with E-state index in [0.717, 1.165) is 12.8 Å². The van der Waals surface area contributed by atoms with E-state index < -0.39 is 0 Å². The predicted octanol–water partition coefficient (Wildman–Crippen LogP) is 3.13. The van der Waals surface area contributed by atoms with Crippen molar-refractivity contribution in [1.82, 2.24) is 5.32 Å². The number of nitrogens with one attached hydrogen (secondary N) is 2. The molecule has 0 radical (unpaired) electrons. The van der Waals surface area contributed by atoms with Crippen LogP contribution in [0.1, 0.15) is 28.8 Å². The van der Waals surface area contributed by atoms with Gasteiger partial charge in [-0.25, -0.2) is 0 Å². The molecule has 2 aromatic carbocycles. The Hall–Kier alpha value is -3.59. The maximum Gasteiger partial charge on any atom is 0.262 e. The van der Waals surface area contributed by atoms with Crippen molar-refractivity contribution in [2.75, 3.05) is 12.4 Å². The van der Waals surface area contributed by atoms with Crippen LogP contribution in [-0.4, -0.2) is 25.0 Å². The van der Waals surface area contributed by atoms with Gasteiger partial charge in [0.25, 0.3) is 11.8 Å². The monoisotopic (exact) mass is 361 g/mol. The number of amides is 2. The molecule has 1 fully saturated rings. The lowest BCUT2D eigenvalue weighted by atomic mass is 10.1. The maximum atomic E-state index is 12.4. The van der Waals surface area contributed by atoms with E-state index in [2.05, 4.69) is 10.6 Å². The third-order valence-corrected chi connectivity index (χ3v) is 4.09. The summed E-state index contributed by atoms with van der Waals surface area (Å²) in [5, 5.41) is 14.8. The van der Waals surface area contributed by atoms with E-state index in [1.807, 2.05) is 6.07 Å². The zero-order chi connectivity index (χ0) is 19.2. The van der Waals surface area contributed by atoms with Crippen molar-refractivity contribution >= 4 is 23.6 Å². The van der Waals surface area contributed by atoms with Crippen LogP contribution in [0.25, 0.3) is 6.08 Å². The number of hydrogen-bond acceptors (Lipinski definition) is 4. The Kier molecular flexibility index (Phi) is 5.53. The van der Waals surface area contributed by atoms with Crippen LogP contribution in [0.4, 0.5) is 5.69 Å². The lowest BCUT2D eigenvalue weighted by molar-refractivity contribution is -0.117. The number of carbonyl (C=O) groups is 2. The van der Waals surface area contributed by atoms with E-state index >= 15 is 0 Å². The van der Waals surface area contributed by atoms with Crippen LogP contribution in [0.2, 0.25) is 0 Å².